The Bertz CT molecular complexity index is 529. The summed E-state index contributed by atoms with van der Waals surface area (Å²) in [6.45, 7) is 5.39. The molecule has 2 heterocycles. The number of ether oxygens (including phenoxy) is 1. The number of nitrogens with zero attached hydrogens (tertiary/aromatic N) is 3. The Labute approximate surface area is 142 Å². The Morgan fingerprint density at radius 1 is 1.13 bits per heavy atom. The van der Waals surface area contributed by atoms with Crippen LogP contribution in [0.3, 0.4) is 0 Å². The molecular formula is C17H24ClN3O2. The molecule has 23 heavy (non-hydrogen) atoms. The maximum atomic E-state index is 12.0. The van der Waals surface area contributed by atoms with Gasteiger partial charge in [0, 0.05) is 50.8 Å². The number of carbonyl (C=O) groups excluding carboxylic acids is 1. The molecule has 0 unspecified atom stereocenters. The van der Waals surface area contributed by atoms with Gasteiger partial charge in [0.1, 0.15) is 12.4 Å². The summed E-state index contributed by atoms with van der Waals surface area (Å²) in [7, 11) is 1.88. The summed E-state index contributed by atoms with van der Waals surface area (Å²) in [5.74, 6) is 0.856. The van der Waals surface area contributed by atoms with Crippen molar-refractivity contribution in [1.82, 2.24) is 14.7 Å². The molecule has 0 saturated carbocycles. The number of likely N-dealkylation sites (N-methyl/N-ethyl adjacent to an activating group) is 1. The molecule has 0 spiro atoms. The van der Waals surface area contributed by atoms with E-state index in [1.54, 1.807) is 0 Å². The molecule has 0 atom stereocenters. The standard InChI is InChI=1S/C17H24ClN3O2/c1-19-10-11-21(17(19)22)15-6-8-20(9-7-15)12-13-23-16-4-2-14(18)3-5-16/h2-5,15H,6-13H2,1H3. The number of carbonyl (C=O) groups is 1. The van der Waals surface area contributed by atoms with Gasteiger partial charge in [0.15, 0.2) is 0 Å². The lowest BCUT2D eigenvalue weighted by atomic mass is 10.0. The summed E-state index contributed by atoms with van der Waals surface area (Å²) < 4.78 is 5.75. The average molecular weight is 338 g/mol. The van der Waals surface area contributed by atoms with Crippen LogP contribution in [0.25, 0.3) is 0 Å². The van der Waals surface area contributed by atoms with E-state index in [4.69, 9.17) is 16.3 Å². The zero-order valence-electron chi connectivity index (χ0n) is 13.6. The summed E-state index contributed by atoms with van der Waals surface area (Å²) in [5.41, 5.74) is 0. The van der Waals surface area contributed by atoms with Crippen molar-refractivity contribution in [2.75, 3.05) is 46.4 Å². The summed E-state index contributed by atoms with van der Waals surface area (Å²) >= 11 is 5.86. The molecule has 2 aliphatic rings. The van der Waals surface area contributed by atoms with E-state index in [1.807, 2.05) is 41.1 Å². The van der Waals surface area contributed by atoms with Crippen LogP contribution in [0.5, 0.6) is 5.75 Å². The minimum absolute atomic E-state index is 0.189. The fourth-order valence-electron chi connectivity index (χ4n) is 3.29. The van der Waals surface area contributed by atoms with Crippen molar-refractivity contribution >= 4 is 17.6 Å². The fourth-order valence-corrected chi connectivity index (χ4v) is 3.41. The van der Waals surface area contributed by atoms with E-state index in [-0.39, 0.29) is 6.03 Å². The largest absolute Gasteiger partial charge is 0.492 e. The molecule has 126 valence electrons. The quantitative estimate of drug-likeness (QED) is 0.828. The number of benzene rings is 1. The van der Waals surface area contributed by atoms with Gasteiger partial charge in [-0.3, -0.25) is 4.90 Å². The van der Waals surface area contributed by atoms with Gasteiger partial charge < -0.3 is 14.5 Å². The number of amides is 2. The molecule has 3 rings (SSSR count). The monoisotopic (exact) mass is 337 g/mol. The van der Waals surface area contributed by atoms with Crippen molar-refractivity contribution in [3.05, 3.63) is 29.3 Å². The van der Waals surface area contributed by atoms with Crippen molar-refractivity contribution < 1.29 is 9.53 Å². The van der Waals surface area contributed by atoms with Crippen molar-refractivity contribution in [2.24, 2.45) is 0 Å². The van der Waals surface area contributed by atoms with E-state index in [0.717, 1.165) is 56.3 Å². The highest BCUT2D eigenvalue weighted by Gasteiger charge is 2.33. The van der Waals surface area contributed by atoms with Crippen LogP contribution < -0.4 is 4.74 Å². The molecule has 2 saturated heterocycles. The maximum Gasteiger partial charge on any atom is 0.320 e. The smallest absolute Gasteiger partial charge is 0.320 e. The first kappa shape index (κ1) is 16.4. The van der Waals surface area contributed by atoms with Gasteiger partial charge in [-0.2, -0.15) is 0 Å². The van der Waals surface area contributed by atoms with E-state index in [0.29, 0.717) is 12.6 Å². The van der Waals surface area contributed by atoms with Gasteiger partial charge in [-0.05, 0) is 37.1 Å². The number of urea groups is 1. The highest BCUT2D eigenvalue weighted by molar-refractivity contribution is 6.30. The van der Waals surface area contributed by atoms with E-state index in [1.165, 1.54) is 0 Å². The highest BCUT2D eigenvalue weighted by Crippen LogP contribution is 2.21. The van der Waals surface area contributed by atoms with Crippen molar-refractivity contribution in [3.63, 3.8) is 0 Å². The van der Waals surface area contributed by atoms with Crippen molar-refractivity contribution in [2.45, 2.75) is 18.9 Å². The Morgan fingerprint density at radius 3 is 2.43 bits per heavy atom. The van der Waals surface area contributed by atoms with Gasteiger partial charge in [0.2, 0.25) is 0 Å². The number of piperidine rings is 1. The number of halogens is 1. The normalized spacial score (nSPS) is 20.3. The minimum atomic E-state index is 0.189. The fraction of sp³-hybridized carbons (Fsp3) is 0.588. The van der Waals surface area contributed by atoms with Gasteiger partial charge in [-0.1, -0.05) is 11.6 Å². The Balaban J connectivity index is 1.38. The molecule has 1 aromatic rings. The third-order valence-corrected chi connectivity index (χ3v) is 4.99. The molecule has 0 N–H and O–H groups in total. The molecule has 0 aromatic heterocycles. The lowest BCUT2D eigenvalue weighted by Gasteiger charge is -2.36. The van der Waals surface area contributed by atoms with E-state index >= 15 is 0 Å². The maximum absolute atomic E-state index is 12.0. The predicted octanol–water partition coefficient (Wildman–Crippen LogP) is 2.55. The van der Waals surface area contributed by atoms with Gasteiger partial charge in [-0.25, -0.2) is 4.79 Å². The summed E-state index contributed by atoms with van der Waals surface area (Å²) in [5, 5.41) is 0.724. The summed E-state index contributed by atoms with van der Waals surface area (Å²) in [6, 6.07) is 8.06. The van der Waals surface area contributed by atoms with Gasteiger partial charge in [0.05, 0.1) is 0 Å². The predicted molar refractivity (Wildman–Crippen MR) is 91.1 cm³/mol. The summed E-state index contributed by atoms with van der Waals surface area (Å²) in [4.78, 5) is 18.3. The van der Waals surface area contributed by atoms with Crippen LogP contribution in [0.1, 0.15) is 12.8 Å². The summed E-state index contributed by atoms with van der Waals surface area (Å²) in [6.07, 6.45) is 2.11. The molecule has 0 bridgehead atoms. The van der Waals surface area contributed by atoms with Crippen LogP contribution in [0.15, 0.2) is 24.3 Å². The molecular weight excluding hydrogens is 314 g/mol. The SMILES string of the molecule is CN1CCN(C2CCN(CCOc3ccc(Cl)cc3)CC2)C1=O. The Kier molecular flexibility index (Phi) is 5.28. The molecule has 6 heteroatoms. The first-order valence-electron chi connectivity index (χ1n) is 8.26. The second kappa shape index (κ2) is 7.41. The van der Waals surface area contributed by atoms with Gasteiger partial charge in [0.25, 0.3) is 0 Å². The third kappa shape index (κ3) is 4.09. The van der Waals surface area contributed by atoms with Crippen LogP contribution in [0.4, 0.5) is 4.79 Å². The topological polar surface area (TPSA) is 36.0 Å². The van der Waals surface area contributed by atoms with Crippen molar-refractivity contribution in [3.8, 4) is 5.75 Å². The average Bonchev–Trinajstić information content (AvgIpc) is 2.90. The lowest BCUT2D eigenvalue weighted by Crippen LogP contribution is -2.47. The Morgan fingerprint density at radius 2 is 1.83 bits per heavy atom. The molecule has 2 fully saturated rings. The second-order valence-corrected chi connectivity index (χ2v) is 6.71. The molecule has 2 aliphatic heterocycles. The zero-order chi connectivity index (χ0) is 16.2. The number of rotatable bonds is 5. The minimum Gasteiger partial charge on any atom is -0.492 e. The highest BCUT2D eigenvalue weighted by atomic mass is 35.5. The third-order valence-electron chi connectivity index (χ3n) is 4.74. The Hall–Kier alpha value is -1.46. The second-order valence-electron chi connectivity index (χ2n) is 6.27. The molecule has 0 aliphatic carbocycles. The lowest BCUT2D eigenvalue weighted by molar-refractivity contribution is 0.120. The van der Waals surface area contributed by atoms with Crippen LogP contribution in [-0.2, 0) is 0 Å². The van der Waals surface area contributed by atoms with Crippen LogP contribution in [0.2, 0.25) is 5.02 Å². The van der Waals surface area contributed by atoms with E-state index < -0.39 is 0 Å². The van der Waals surface area contributed by atoms with Crippen LogP contribution in [-0.4, -0.2) is 73.2 Å². The first-order chi connectivity index (χ1) is 11.1. The van der Waals surface area contributed by atoms with Gasteiger partial charge >= 0.3 is 6.03 Å². The van der Waals surface area contributed by atoms with Crippen LogP contribution in [0, 0.1) is 0 Å². The number of hydrogen-bond acceptors (Lipinski definition) is 3. The van der Waals surface area contributed by atoms with Crippen LogP contribution >= 0.6 is 11.6 Å². The first-order valence-corrected chi connectivity index (χ1v) is 8.64. The molecule has 2 amide bonds. The van der Waals surface area contributed by atoms with E-state index in [2.05, 4.69) is 4.90 Å². The van der Waals surface area contributed by atoms with E-state index in [9.17, 15) is 4.79 Å². The van der Waals surface area contributed by atoms with Gasteiger partial charge in [-0.15, -0.1) is 0 Å². The van der Waals surface area contributed by atoms with Crippen molar-refractivity contribution in [1.29, 1.82) is 0 Å². The molecule has 0 radical (unpaired) electrons. The zero-order valence-corrected chi connectivity index (χ0v) is 14.3. The molecule has 1 aromatic carbocycles. The molecule has 5 nitrogen and oxygen atoms in total. The number of likely N-dealkylation sites (tertiary alicyclic amines) is 1. The number of hydrogen-bond donors (Lipinski definition) is 0.